The van der Waals surface area contributed by atoms with Gasteiger partial charge in [-0.3, -0.25) is 19.4 Å². The monoisotopic (exact) mass is 612 g/mol. The first kappa shape index (κ1) is 32.7. The lowest BCUT2D eigenvalue weighted by atomic mass is 9.99. The highest BCUT2D eigenvalue weighted by atomic mass is 16.5. The molecule has 2 aliphatic heterocycles. The van der Waals surface area contributed by atoms with Gasteiger partial charge in [-0.15, -0.1) is 0 Å². The Bertz CT molecular complexity index is 1330. The summed E-state index contributed by atoms with van der Waals surface area (Å²) in [6, 6.07) is 27.4. The van der Waals surface area contributed by atoms with Gasteiger partial charge in [-0.05, 0) is 47.6 Å². The molecule has 8 heteroatoms. The molecule has 8 nitrogen and oxygen atoms in total. The van der Waals surface area contributed by atoms with E-state index in [0.717, 1.165) is 49.4 Å². The number of amides is 2. The van der Waals surface area contributed by atoms with E-state index >= 15 is 0 Å². The molecule has 3 aromatic rings. The smallest absolute Gasteiger partial charge is 0.243 e. The first-order valence-corrected chi connectivity index (χ1v) is 16.4. The van der Waals surface area contributed by atoms with E-state index in [4.69, 9.17) is 9.47 Å². The minimum atomic E-state index is -0.688. The average Bonchev–Trinajstić information content (AvgIpc) is 3.50. The van der Waals surface area contributed by atoms with Crippen LogP contribution in [0, 0.1) is 5.92 Å². The molecule has 45 heavy (non-hydrogen) atoms. The SMILES string of the molecule is CC(C)C[C@@H](C(=O)N[C@@H](Cc1ccc(OCc2ccccc2)cc1)C(=O)NC1CCN(Cc2ccccc2)C1)N1CCOCC1. The number of carbonyl (C=O) groups is 2. The standard InChI is InChI=1S/C37H48N4O4/c1-28(2)23-35(41-19-21-44-22-20-41)37(43)39-34(24-29-13-15-33(16-14-29)45-27-31-11-7-4-8-12-31)36(42)38-32-17-18-40(26-32)25-30-9-5-3-6-10-30/h3-16,28,32,34-35H,17-27H2,1-2H3,(H,38,42)(H,39,43)/t32?,34-,35-/m0/s1. The summed E-state index contributed by atoms with van der Waals surface area (Å²) in [4.78, 5) is 32.3. The minimum Gasteiger partial charge on any atom is -0.489 e. The number of hydrogen-bond donors (Lipinski definition) is 2. The minimum absolute atomic E-state index is 0.0417. The van der Waals surface area contributed by atoms with Crippen LogP contribution in [-0.2, 0) is 33.9 Å². The second kappa shape index (κ2) is 16.5. The zero-order chi connectivity index (χ0) is 31.4. The Morgan fingerprint density at radius 2 is 1.51 bits per heavy atom. The molecule has 3 atom stereocenters. The molecule has 2 heterocycles. The maximum absolute atomic E-state index is 13.8. The number of nitrogens with one attached hydrogen (secondary N) is 2. The van der Waals surface area contributed by atoms with Crippen molar-refractivity contribution in [2.45, 2.75) is 64.4 Å². The van der Waals surface area contributed by atoms with E-state index in [1.54, 1.807) is 0 Å². The molecule has 1 unspecified atom stereocenters. The molecule has 2 amide bonds. The maximum Gasteiger partial charge on any atom is 0.243 e. The third kappa shape index (κ3) is 10.1. The first-order valence-electron chi connectivity index (χ1n) is 16.4. The predicted molar refractivity (Wildman–Crippen MR) is 177 cm³/mol. The fourth-order valence-electron chi connectivity index (χ4n) is 6.17. The normalized spacial score (nSPS) is 18.8. The van der Waals surface area contributed by atoms with Crippen LogP contribution in [-0.4, -0.2) is 79.1 Å². The van der Waals surface area contributed by atoms with Crippen molar-refractivity contribution in [3.63, 3.8) is 0 Å². The topological polar surface area (TPSA) is 83.1 Å². The van der Waals surface area contributed by atoms with Gasteiger partial charge in [-0.2, -0.15) is 0 Å². The first-order chi connectivity index (χ1) is 21.9. The van der Waals surface area contributed by atoms with Crippen LogP contribution in [0.4, 0.5) is 0 Å². The van der Waals surface area contributed by atoms with E-state index in [2.05, 4.69) is 58.5 Å². The van der Waals surface area contributed by atoms with Gasteiger partial charge < -0.3 is 20.1 Å². The molecule has 0 spiro atoms. The van der Waals surface area contributed by atoms with Gasteiger partial charge in [0.15, 0.2) is 0 Å². The van der Waals surface area contributed by atoms with Crippen LogP contribution < -0.4 is 15.4 Å². The molecule has 0 bridgehead atoms. The van der Waals surface area contributed by atoms with Crippen molar-refractivity contribution in [2.75, 3.05) is 39.4 Å². The number of nitrogens with zero attached hydrogens (tertiary/aromatic N) is 2. The summed E-state index contributed by atoms with van der Waals surface area (Å²) < 4.78 is 11.5. The summed E-state index contributed by atoms with van der Waals surface area (Å²) in [5, 5.41) is 6.45. The number of rotatable bonds is 14. The predicted octanol–water partition coefficient (Wildman–Crippen LogP) is 4.43. The highest BCUT2D eigenvalue weighted by Crippen LogP contribution is 2.19. The van der Waals surface area contributed by atoms with Gasteiger partial charge in [-0.1, -0.05) is 86.6 Å². The zero-order valence-corrected chi connectivity index (χ0v) is 26.7. The Morgan fingerprint density at radius 3 is 2.18 bits per heavy atom. The van der Waals surface area contributed by atoms with Crippen LogP contribution >= 0.6 is 0 Å². The van der Waals surface area contributed by atoms with E-state index in [-0.39, 0.29) is 23.9 Å². The number of morpholine rings is 1. The van der Waals surface area contributed by atoms with Gasteiger partial charge in [0.1, 0.15) is 18.4 Å². The number of carbonyl (C=O) groups excluding carboxylic acids is 2. The molecule has 0 radical (unpaired) electrons. The van der Waals surface area contributed by atoms with Crippen LogP contribution in [0.25, 0.3) is 0 Å². The molecular weight excluding hydrogens is 564 g/mol. The summed E-state index contributed by atoms with van der Waals surface area (Å²) in [6.45, 7) is 9.99. The molecule has 0 saturated carbocycles. The maximum atomic E-state index is 13.8. The van der Waals surface area contributed by atoms with Crippen molar-refractivity contribution >= 4 is 11.8 Å². The van der Waals surface area contributed by atoms with Crippen molar-refractivity contribution in [2.24, 2.45) is 5.92 Å². The van der Waals surface area contributed by atoms with Gasteiger partial charge in [0.25, 0.3) is 0 Å². The Balaban J connectivity index is 1.25. The van der Waals surface area contributed by atoms with E-state index in [1.807, 2.05) is 60.7 Å². The van der Waals surface area contributed by atoms with Crippen LogP contribution in [0.1, 0.15) is 43.4 Å². The van der Waals surface area contributed by atoms with Crippen molar-refractivity contribution in [1.29, 1.82) is 0 Å². The zero-order valence-electron chi connectivity index (χ0n) is 26.7. The van der Waals surface area contributed by atoms with Crippen molar-refractivity contribution in [1.82, 2.24) is 20.4 Å². The molecule has 2 fully saturated rings. The fraction of sp³-hybridized carbons (Fsp3) is 0.459. The van der Waals surface area contributed by atoms with Gasteiger partial charge in [0, 0.05) is 45.2 Å². The highest BCUT2D eigenvalue weighted by molar-refractivity contribution is 5.90. The van der Waals surface area contributed by atoms with Crippen molar-refractivity contribution < 1.29 is 19.1 Å². The van der Waals surface area contributed by atoms with Crippen LogP contribution in [0.2, 0.25) is 0 Å². The largest absolute Gasteiger partial charge is 0.489 e. The van der Waals surface area contributed by atoms with Gasteiger partial charge in [0.2, 0.25) is 11.8 Å². The van der Waals surface area contributed by atoms with Crippen molar-refractivity contribution in [3.05, 3.63) is 102 Å². The third-order valence-electron chi connectivity index (χ3n) is 8.60. The molecular formula is C37H48N4O4. The highest BCUT2D eigenvalue weighted by Gasteiger charge is 2.33. The lowest BCUT2D eigenvalue weighted by Crippen LogP contribution is -2.57. The van der Waals surface area contributed by atoms with E-state index in [1.165, 1.54) is 5.56 Å². The number of hydrogen-bond acceptors (Lipinski definition) is 6. The number of ether oxygens (including phenoxy) is 2. The summed E-state index contributed by atoms with van der Waals surface area (Å²) >= 11 is 0. The quantitative estimate of drug-likeness (QED) is 0.280. The fourth-order valence-corrected chi connectivity index (χ4v) is 6.17. The molecule has 2 N–H and O–H groups in total. The summed E-state index contributed by atoms with van der Waals surface area (Å²) in [7, 11) is 0. The molecule has 3 aromatic carbocycles. The Hall–Kier alpha value is -3.72. The van der Waals surface area contributed by atoms with E-state index in [9.17, 15) is 9.59 Å². The Morgan fingerprint density at radius 1 is 0.844 bits per heavy atom. The molecule has 0 aliphatic carbocycles. The molecule has 240 valence electrons. The second-order valence-electron chi connectivity index (χ2n) is 12.7. The Kier molecular flexibility index (Phi) is 12.0. The van der Waals surface area contributed by atoms with Crippen LogP contribution in [0.15, 0.2) is 84.9 Å². The summed E-state index contributed by atoms with van der Waals surface area (Å²) in [5.74, 6) is 0.880. The van der Waals surface area contributed by atoms with Crippen LogP contribution in [0.3, 0.4) is 0 Å². The van der Waals surface area contributed by atoms with Gasteiger partial charge >= 0.3 is 0 Å². The molecule has 0 aromatic heterocycles. The van der Waals surface area contributed by atoms with E-state index < -0.39 is 6.04 Å². The molecule has 2 aliphatic rings. The van der Waals surface area contributed by atoms with Gasteiger partial charge in [0.05, 0.1) is 19.3 Å². The summed E-state index contributed by atoms with van der Waals surface area (Å²) in [6.07, 6.45) is 2.01. The lowest BCUT2D eigenvalue weighted by Gasteiger charge is -2.35. The third-order valence-corrected chi connectivity index (χ3v) is 8.60. The van der Waals surface area contributed by atoms with Crippen LogP contribution in [0.5, 0.6) is 5.75 Å². The lowest BCUT2D eigenvalue weighted by molar-refractivity contribution is -0.134. The average molecular weight is 613 g/mol. The number of likely N-dealkylation sites (tertiary alicyclic amines) is 1. The van der Waals surface area contributed by atoms with E-state index in [0.29, 0.717) is 45.2 Å². The Labute approximate surface area is 268 Å². The number of benzene rings is 3. The second-order valence-corrected chi connectivity index (χ2v) is 12.7. The summed E-state index contributed by atoms with van der Waals surface area (Å²) in [5.41, 5.74) is 3.34. The molecule has 2 saturated heterocycles. The van der Waals surface area contributed by atoms with Gasteiger partial charge in [-0.25, -0.2) is 0 Å². The van der Waals surface area contributed by atoms with Crippen molar-refractivity contribution in [3.8, 4) is 5.75 Å². The molecule has 5 rings (SSSR count).